The second kappa shape index (κ2) is 7.12. The highest BCUT2D eigenvalue weighted by Crippen LogP contribution is 2.64. The van der Waals surface area contributed by atoms with Gasteiger partial charge in [-0.3, -0.25) is 0 Å². The zero-order valence-corrected chi connectivity index (χ0v) is 20.6. The molecular formula is C37H22O. The van der Waals surface area contributed by atoms with Gasteiger partial charge in [0.25, 0.3) is 0 Å². The molecule has 0 aliphatic heterocycles. The van der Waals surface area contributed by atoms with Crippen molar-refractivity contribution in [2.24, 2.45) is 0 Å². The first-order chi connectivity index (χ1) is 18.9. The molecule has 0 saturated heterocycles. The highest BCUT2D eigenvalue weighted by atomic mass is 16.3. The van der Waals surface area contributed by atoms with Gasteiger partial charge in [-0.25, -0.2) is 0 Å². The van der Waals surface area contributed by atoms with Gasteiger partial charge >= 0.3 is 0 Å². The zero-order chi connectivity index (χ0) is 24.8. The molecule has 0 saturated carbocycles. The van der Waals surface area contributed by atoms with Gasteiger partial charge in [0.15, 0.2) is 0 Å². The molecule has 1 nitrogen and oxygen atoms in total. The van der Waals surface area contributed by atoms with E-state index in [0.717, 1.165) is 11.3 Å². The molecule has 0 atom stereocenters. The number of furan rings is 1. The highest BCUT2D eigenvalue weighted by molar-refractivity contribution is 6.05. The van der Waals surface area contributed by atoms with Crippen LogP contribution in [-0.2, 0) is 5.41 Å². The molecule has 0 amide bonds. The van der Waals surface area contributed by atoms with Crippen LogP contribution in [0.3, 0.4) is 0 Å². The summed E-state index contributed by atoms with van der Waals surface area (Å²) in [6, 6.07) is 48.5. The fourth-order valence-electron chi connectivity index (χ4n) is 7.19. The second-order valence-corrected chi connectivity index (χ2v) is 10.4. The average Bonchev–Trinajstić information content (AvgIpc) is 3.60. The van der Waals surface area contributed by atoms with Crippen LogP contribution in [0.1, 0.15) is 22.5 Å². The van der Waals surface area contributed by atoms with E-state index < -0.39 is 5.41 Å². The first-order valence-electron chi connectivity index (χ1n) is 13.2. The summed E-state index contributed by atoms with van der Waals surface area (Å²) in [7, 11) is 0. The van der Waals surface area contributed by atoms with Crippen molar-refractivity contribution in [1.82, 2.24) is 0 Å². The van der Waals surface area contributed by atoms with E-state index in [1.807, 2.05) is 0 Å². The monoisotopic (exact) mass is 482 g/mol. The summed E-state index contributed by atoms with van der Waals surface area (Å²) < 4.78 is 6.86. The van der Waals surface area contributed by atoms with E-state index in [1.165, 1.54) is 66.2 Å². The lowest BCUT2D eigenvalue weighted by atomic mass is 9.72. The predicted octanol–water partition coefficient (Wildman–Crippen LogP) is 9.60. The van der Waals surface area contributed by atoms with Crippen LogP contribution >= 0.6 is 0 Å². The van der Waals surface area contributed by atoms with Crippen LogP contribution in [0.2, 0.25) is 0 Å². The number of rotatable bonds is 1. The molecule has 2 aliphatic rings. The Morgan fingerprint density at radius 1 is 0.447 bits per heavy atom. The Morgan fingerprint density at radius 2 is 1.08 bits per heavy atom. The molecule has 176 valence electrons. The van der Waals surface area contributed by atoms with E-state index in [-0.39, 0.29) is 0 Å². The standard InChI is InChI=1S/C37H22O/c1-2-12-25-23(10-1)11-9-16-26(25)24-20-21-29-33(22-24)37(36-35(29)30-15-5-8-19-34(30)38-36)31-17-6-3-13-27(31)28-14-4-7-18-32(28)37/h1-22H. The van der Waals surface area contributed by atoms with Crippen molar-refractivity contribution < 1.29 is 4.42 Å². The van der Waals surface area contributed by atoms with Gasteiger partial charge in [0.1, 0.15) is 16.8 Å². The third kappa shape index (κ3) is 2.33. The van der Waals surface area contributed by atoms with Crippen molar-refractivity contribution >= 4 is 21.7 Å². The minimum atomic E-state index is -0.489. The summed E-state index contributed by atoms with van der Waals surface area (Å²) in [5.74, 6) is 1.04. The number of para-hydroxylation sites is 1. The minimum absolute atomic E-state index is 0.489. The van der Waals surface area contributed by atoms with Crippen LogP contribution in [0, 0.1) is 0 Å². The molecular weight excluding hydrogens is 460 g/mol. The molecule has 1 spiro atoms. The van der Waals surface area contributed by atoms with E-state index in [1.54, 1.807) is 0 Å². The summed E-state index contributed by atoms with van der Waals surface area (Å²) in [4.78, 5) is 0. The lowest BCUT2D eigenvalue weighted by molar-refractivity contribution is 0.507. The van der Waals surface area contributed by atoms with E-state index in [4.69, 9.17) is 4.42 Å². The van der Waals surface area contributed by atoms with E-state index >= 15 is 0 Å². The number of fused-ring (bicyclic) bond motifs is 13. The topological polar surface area (TPSA) is 13.1 Å². The summed E-state index contributed by atoms with van der Waals surface area (Å²) in [5, 5.41) is 3.71. The Balaban J connectivity index is 1.45. The molecule has 0 unspecified atom stereocenters. The molecule has 0 fully saturated rings. The van der Waals surface area contributed by atoms with Crippen LogP contribution in [0.5, 0.6) is 0 Å². The summed E-state index contributed by atoms with van der Waals surface area (Å²) in [6.07, 6.45) is 0. The molecule has 0 radical (unpaired) electrons. The maximum absolute atomic E-state index is 6.86. The van der Waals surface area contributed by atoms with Gasteiger partial charge < -0.3 is 4.42 Å². The molecule has 6 aromatic carbocycles. The number of hydrogen-bond acceptors (Lipinski definition) is 1. The van der Waals surface area contributed by atoms with Crippen molar-refractivity contribution in [2.75, 3.05) is 0 Å². The second-order valence-electron chi connectivity index (χ2n) is 10.4. The fourth-order valence-corrected chi connectivity index (χ4v) is 7.19. The number of hydrogen-bond donors (Lipinski definition) is 0. The average molecular weight is 483 g/mol. The van der Waals surface area contributed by atoms with Gasteiger partial charge in [-0.15, -0.1) is 0 Å². The van der Waals surface area contributed by atoms with E-state index in [9.17, 15) is 0 Å². The van der Waals surface area contributed by atoms with Crippen molar-refractivity contribution in [1.29, 1.82) is 0 Å². The van der Waals surface area contributed by atoms with Crippen LogP contribution in [0.25, 0.3) is 55.1 Å². The smallest absolute Gasteiger partial charge is 0.135 e. The molecule has 1 aromatic heterocycles. The van der Waals surface area contributed by atoms with Crippen LogP contribution in [0.15, 0.2) is 138 Å². The Morgan fingerprint density at radius 3 is 1.89 bits per heavy atom. The predicted molar refractivity (Wildman–Crippen MR) is 155 cm³/mol. The molecule has 1 heteroatoms. The van der Waals surface area contributed by atoms with Crippen molar-refractivity contribution in [2.45, 2.75) is 5.41 Å². The molecule has 38 heavy (non-hydrogen) atoms. The molecule has 1 heterocycles. The van der Waals surface area contributed by atoms with Gasteiger partial charge in [-0.05, 0) is 67.4 Å². The van der Waals surface area contributed by atoms with Gasteiger partial charge in [0.05, 0.1) is 0 Å². The maximum Gasteiger partial charge on any atom is 0.135 e. The van der Waals surface area contributed by atoms with Crippen molar-refractivity contribution in [3.63, 3.8) is 0 Å². The Kier molecular flexibility index (Phi) is 3.78. The largest absolute Gasteiger partial charge is 0.459 e. The molecule has 9 rings (SSSR count). The lowest BCUT2D eigenvalue weighted by Gasteiger charge is -2.28. The molecule has 0 bridgehead atoms. The highest BCUT2D eigenvalue weighted by Gasteiger charge is 2.54. The Labute approximate surface area is 220 Å². The number of benzene rings is 6. The van der Waals surface area contributed by atoms with E-state index in [2.05, 4.69) is 133 Å². The molecule has 7 aromatic rings. The first-order valence-corrected chi connectivity index (χ1v) is 13.2. The zero-order valence-electron chi connectivity index (χ0n) is 20.6. The molecule has 0 N–H and O–H groups in total. The molecule has 2 aliphatic carbocycles. The summed E-state index contributed by atoms with van der Waals surface area (Å²) >= 11 is 0. The van der Waals surface area contributed by atoms with Gasteiger partial charge in [0.2, 0.25) is 0 Å². The summed E-state index contributed by atoms with van der Waals surface area (Å²) in [6.45, 7) is 0. The summed E-state index contributed by atoms with van der Waals surface area (Å²) in [5.41, 5.74) is 11.9. The van der Waals surface area contributed by atoms with Gasteiger partial charge in [-0.1, -0.05) is 121 Å². The third-order valence-electron chi connectivity index (χ3n) is 8.68. The lowest BCUT2D eigenvalue weighted by Crippen LogP contribution is -2.25. The Hall–Kier alpha value is -4.88. The van der Waals surface area contributed by atoms with Crippen molar-refractivity contribution in [3.05, 3.63) is 156 Å². The first kappa shape index (κ1) is 20.2. The van der Waals surface area contributed by atoms with Crippen molar-refractivity contribution in [3.8, 4) is 33.4 Å². The fraction of sp³-hybridized carbons (Fsp3) is 0.0270. The van der Waals surface area contributed by atoms with Crippen LogP contribution in [-0.4, -0.2) is 0 Å². The van der Waals surface area contributed by atoms with Gasteiger partial charge in [0, 0.05) is 10.9 Å². The normalized spacial score (nSPS) is 14.0. The maximum atomic E-state index is 6.86. The quantitative estimate of drug-likeness (QED) is 0.227. The Bertz CT molecular complexity index is 2040. The minimum Gasteiger partial charge on any atom is -0.459 e. The van der Waals surface area contributed by atoms with E-state index in [0.29, 0.717) is 0 Å². The van der Waals surface area contributed by atoms with Gasteiger partial charge in [-0.2, -0.15) is 0 Å². The SMILES string of the molecule is c1ccc2c(c1)-c1ccccc1C21c2cc(-c3cccc4ccccc34)ccc2-c2c1oc1ccccc21. The van der Waals surface area contributed by atoms with Crippen LogP contribution < -0.4 is 0 Å². The third-order valence-corrected chi connectivity index (χ3v) is 8.68. The van der Waals surface area contributed by atoms with Crippen LogP contribution in [0.4, 0.5) is 0 Å².